The molecule has 0 radical (unpaired) electrons. The summed E-state index contributed by atoms with van der Waals surface area (Å²) < 4.78 is 5.60. The molecule has 1 aromatic carbocycles. The molecule has 1 aliphatic carbocycles. The van der Waals surface area contributed by atoms with E-state index in [1.54, 1.807) is 0 Å². The topological polar surface area (TPSA) is 55.1 Å². The molecule has 0 saturated heterocycles. The van der Waals surface area contributed by atoms with Crippen LogP contribution in [0.4, 0.5) is 0 Å². The number of hydrogen-bond acceptors (Lipinski definition) is 4. The second kappa shape index (κ2) is 6.52. The maximum Gasteiger partial charge on any atom is 0.257 e. The summed E-state index contributed by atoms with van der Waals surface area (Å²) in [6.45, 7) is 2.22. The van der Waals surface area contributed by atoms with Crippen LogP contribution < -0.4 is 5.32 Å². The van der Waals surface area contributed by atoms with E-state index in [1.165, 1.54) is 31.0 Å². The van der Waals surface area contributed by atoms with Crippen LogP contribution in [0.3, 0.4) is 0 Å². The molecule has 1 saturated carbocycles. The normalized spacial score (nSPS) is 22.3. The van der Waals surface area contributed by atoms with Crippen LogP contribution in [0.2, 0.25) is 0 Å². The first kappa shape index (κ1) is 14.4. The number of hydrogen-bond donors (Lipinski definition) is 1. The van der Waals surface area contributed by atoms with E-state index in [2.05, 4.69) is 17.2 Å². The first-order valence-electron chi connectivity index (χ1n) is 7.50. The Labute approximate surface area is 128 Å². The van der Waals surface area contributed by atoms with E-state index in [4.69, 9.17) is 4.42 Å². The fraction of sp³-hybridized carbons (Fsp3) is 0.500. The number of nitrogens with one attached hydrogen (secondary N) is 1. The molecule has 5 heteroatoms. The third-order valence-corrected chi connectivity index (χ3v) is 4.89. The van der Waals surface area contributed by atoms with Crippen molar-refractivity contribution >= 4 is 28.8 Å². The van der Waals surface area contributed by atoms with E-state index in [9.17, 15) is 4.79 Å². The van der Waals surface area contributed by atoms with Gasteiger partial charge in [-0.3, -0.25) is 4.79 Å². The number of carbonyl (C=O) groups excluding carboxylic acids is 1. The van der Waals surface area contributed by atoms with Gasteiger partial charge in [-0.05, 0) is 30.9 Å². The third-order valence-electron chi connectivity index (χ3n) is 4.06. The van der Waals surface area contributed by atoms with Gasteiger partial charge < -0.3 is 9.73 Å². The minimum absolute atomic E-state index is 0.0704. The van der Waals surface area contributed by atoms with Crippen molar-refractivity contribution < 1.29 is 9.21 Å². The number of carbonyl (C=O) groups is 1. The fourth-order valence-electron chi connectivity index (χ4n) is 2.82. The monoisotopic (exact) mass is 304 g/mol. The third kappa shape index (κ3) is 3.59. The van der Waals surface area contributed by atoms with E-state index in [0.29, 0.717) is 22.9 Å². The number of oxazole rings is 1. The number of thioether (sulfide) groups is 1. The van der Waals surface area contributed by atoms with Gasteiger partial charge in [0, 0.05) is 6.04 Å². The molecule has 0 spiro atoms. The summed E-state index contributed by atoms with van der Waals surface area (Å²) in [4.78, 5) is 16.4. The molecular formula is C16H20N2O2S. The van der Waals surface area contributed by atoms with Crippen LogP contribution in [-0.2, 0) is 4.79 Å². The summed E-state index contributed by atoms with van der Waals surface area (Å²) in [5.74, 6) is 1.01. The Morgan fingerprint density at radius 2 is 2.19 bits per heavy atom. The fourth-order valence-corrected chi connectivity index (χ4v) is 3.47. The highest BCUT2D eigenvalue weighted by Gasteiger charge is 2.22. The molecule has 1 aromatic heterocycles. The van der Waals surface area contributed by atoms with Crippen molar-refractivity contribution in [2.75, 3.05) is 5.75 Å². The summed E-state index contributed by atoms with van der Waals surface area (Å²) in [6.07, 6.45) is 4.81. The van der Waals surface area contributed by atoms with Crippen LogP contribution in [0.1, 0.15) is 32.6 Å². The van der Waals surface area contributed by atoms with Gasteiger partial charge in [0.15, 0.2) is 5.58 Å². The number of benzene rings is 1. The van der Waals surface area contributed by atoms with Gasteiger partial charge in [0.1, 0.15) is 5.52 Å². The molecular weight excluding hydrogens is 284 g/mol. The molecule has 1 amide bonds. The molecule has 0 aliphatic heterocycles. The van der Waals surface area contributed by atoms with E-state index in [1.807, 2.05) is 24.3 Å². The van der Waals surface area contributed by atoms with Gasteiger partial charge in [0.25, 0.3) is 5.22 Å². The standard InChI is InChI=1S/C16H20N2O2S/c1-11-6-2-3-7-12(11)17-15(19)10-21-16-18-13-8-4-5-9-14(13)20-16/h4-5,8-9,11-12H,2-3,6-7,10H2,1H3,(H,17,19)/t11-,12+/m0/s1. The summed E-state index contributed by atoms with van der Waals surface area (Å²) in [5, 5.41) is 3.70. The number of fused-ring (bicyclic) bond motifs is 1. The van der Waals surface area contributed by atoms with Crippen LogP contribution in [0, 0.1) is 5.92 Å². The number of amides is 1. The van der Waals surface area contributed by atoms with Crippen molar-refractivity contribution in [1.82, 2.24) is 10.3 Å². The smallest absolute Gasteiger partial charge is 0.257 e. The van der Waals surface area contributed by atoms with E-state index < -0.39 is 0 Å². The van der Waals surface area contributed by atoms with Crippen molar-refractivity contribution in [2.24, 2.45) is 5.92 Å². The van der Waals surface area contributed by atoms with Crippen LogP contribution in [-0.4, -0.2) is 22.7 Å². The Kier molecular flexibility index (Phi) is 4.48. The van der Waals surface area contributed by atoms with Crippen LogP contribution in [0.15, 0.2) is 33.9 Å². The molecule has 0 bridgehead atoms. The molecule has 1 aliphatic rings. The molecule has 2 aromatic rings. The highest BCUT2D eigenvalue weighted by Crippen LogP contribution is 2.25. The molecule has 1 fully saturated rings. The lowest BCUT2D eigenvalue weighted by atomic mass is 9.86. The first-order valence-corrected chi connectivity index (χ1v) is 8.48. The zero-order valence-electron chi connectivity index (χ0n) is 12.2. The average Bonchev–Trinajstić information content (AvgIpc) is 2.90. The van der Waals surface area contributed by atoms with Gasteiger partial charge in [-0.15, -0.1) is 0 Å². The predicted molar refractivity (Wildman–Crippen MR) is 84.3 cm³/mol. The Bertz CT molecular complexity index is 593. The molecule has 3 rings (SSSR count). The lowest BCUT2D eigenvalue weighted by Crippen LogP contribution is -2.41. The van der Waals surface area contributed by atoms with Gasteiger partial charge in [0.05, 0.1) is 5.75 Å². The molecule has 112 valence electrons. The number of nitrogens with zero attached hydrogens (tertiary/aromatic N) is 1. The molecule has 2 atom stereocenters. The Morgan fingerprint density at radius 3 is 3.00 bits per heavy atom. The zero-order chi connectivity index (χ0) is 14.7. The molecule has 1 heterocycles. The van der Waals surface area contributed by atoms with Gasteiger partial charge in [0.2, 0.25) is 5.91 Å². The minimum atomic E-state index is 0.0704. The maximum atomic E-state index is 12.0. The number of aromatic nitrogens is 1. The van der Waals surface area contributed by atoms with Crippen LogP contribution in [0.5, 0.6) is 0 Å². The summed E-state index contributed by atoms with van der Waals surface area (Å²) in [5.41, 5.74) is 1.60. The average molecular weight is 304 g/mol. The minimum Gasteiger partial charge on any atom is -0.431 e. The number of rotatable bonds is 4. The van der Waals surface area contributed by atoms with Gasteiger partial charge in [-0.1, -0.05) is 43.7 Å². The Balaban J connectivity index is 1.53. The predicted octanol–water partition coefficient (Wildman–Crippen LogP) is 3.61. The van der Waals surface area contributed by atoms with Gasteiger partial charge in [-0.2, -0.15) is 0 Å². The molecule has 21 heavy (non-hydrogen) atoms. The van der Waals surface area contributed by atoms with E-state index in [0.717, 1.165) is 17.5 Å². The maximum absolute atomic E-state index is 12.0. The van der Waals surface area contributed by atoms with Gasteiger partial charge in [-0.25, -0.2) is 4.98 Å². The SMILES string of the molecule is C[C@H]1CCCC[C@H]1NC(=O)CSc1nc2ccccc2o1. The summed E-state index contributed by atoms with van der Waals surface area (Å²) in [6, 6.07) is 7.97. The van der Waals surface area contributed by atoms with Crippen LogP contribution in [0.25, 0.3) is 11.1 Å². The second-order valence-corrected chi connectivity index (χ2v) is 6.60. The second-order valence-electron chi connectivity index (χ2n) is 5.67. The Hall–Kier alpha value is -1.49. The van der Waals surface area contributed by atoms with Crippen molar-refractivity contribution in [1.29, 1.82) is 0 Å². The van der Waals surface area contributed by atoms with Gasteiger partial charge >= 0.3 is 0 Å². The lowest BCUT2D eigenvalue weighted by molar-refractivity contribution is -0.119. The van der Waals surface area contributed by atoms with Crippen molar-refractivity contribution in [2.45, 2.75) is 43.9 Å². The van der Waals surface area contributed by atoms with Crippen molar-refractivity contribution in [3.63, 3.8) is 0 Å². The lowest BCUT2D eigenvalue weighted by Gasteiger charge is -2.29. The molecule has 0 unspecified atom stereocenters. The number of para-hydroxylation sites is 2. The highest BCUT2D eigenvalue weighted by atomic mass is 32.2. The summed E-state index contributed by atoms with van der Waals surface area (Å²) >= 11 is 1.35. The quantitative estimate of drug-likeness (QED) is 0.877. The molecule has 1 N–H and O–H groups in total. The van der Waals surface area contributed by atoms with Crippen molar-refractivity contribution in [3.8, 4) is 0 Å². The highest BCUT2D eigenvalue weighted by molar-refractivity contribution is 7.99. The van der Waals surface area contributed by atoms with Crippen molar-refractivity contribution in [3.05, 3.63) is 24.3 Å². The largest absolute Gasteiger partial charge is 0.431 e. The van der Waals surface area contributed by atoms with Crippen LogP contribution >= 0.6 is 11.8 Å². The Morgan fingerprint density at radius 1 is 1.38 bits per heavy atom. The van der Waals surface area contributed by atoms with E-state index in [-0.39, 0.29) is 5.91 Å². The zero-order valence-corrected chi connectivity index (χ0v) is 13.0. The summed E-state index contributed by atoms with van der Waals surface area (Å²) in [7, 11) is 0. The van der Waals surface area contributed by atoms with E-state index >= 15 is 0 Å². The molecule has 4 nitrogen and oxygen atoms in total. The first-order chi connectivity index (χ1) is 10.2.